The van der Waals surface area contributed by atoms with Gasteiger partial charge in [-0.05, 0) is 119 Å². The van der Waals surface area contributed by atoms with Crippen LogP contribution in [-0.4, -0.2) is 24.3 Å². The molecular weight excluding hydrogens is 754 g/mol. The van der Waals surface area contributed by atoms with E-state index in [1.807, 2.05) is 0 Å². The second-order valence-electron chi connectivity index (χ2n) is 15.9. The summed E-state index contributed by atoms with van der Waals surface area (Å²) < 4.78 is 0. The molecule has 9 rings (SSSR count). The summed E-state index contributed by atoms with van der Waals surface area (Å²) in [5.41, 5.74) is 16.1. The lowest BCUT2D eigenvalue weighted by molar-refractivity contribution is 1.01. The van der Waals surface area contributed by atoms with Gasteiger partial charge in [-0.2, -0.15) is 0 Å². The Balaban J connectivity index is 1.54. The van der Waals surface area contributed by atoms with Gasteiger partial charge in [0.25, 0.3) is 0 Å². The maximum atomic E-state index is 7.73. The van der Waals surface area contributed by atoms with E-state index in [2.05, 4.69) is 197 Å². The third-order valence-corrected chi connectivity index (χ3v) is 17.4. The van der Waals surface area contributed by atoms with E-state index in [1.54, 1.807) is 0 Å². The molecule has 57 heavy (non-hydrogen) atoms. The van der Waals surface area contributed by atoms with Gasteiger partial charge in [0.05, 0.1) is 10.1 Å². The van der Waals surface area contributed by atoms with E-state index in [-0.39, 0.29) is 5.66 Å². The van der Waals surface area contributed by atoms with Crippen molar-refractivity contribution in [2.75, 3.05) is 22.9 Å². The zero-order valence-electron chi connectivity index (χ0n) is 33.4. The van der Waals surface area contributed by atoms with Crippen LogP contribution in [0.3, 0.4) is 0 Å². The van der Waals surface area contributed by atoms with Gasteiger partial charge >= 0.3 is 0 Å². The Morgan fingerprint density at radius 3 is 1.60 bits per heavy atom. The number of hydrogen-bond donors (Lipinski definition) is 0. The predicted octanol–water partition coefficient (Wildman–Crippen LogP) is 10.9. The maximum absolute atomic E-state index is 7.73. The van der Waals surface area contributed by atoms with Gasteiger partial charge in [-0.1, -0.05) is 168 Å². The molecule has 1 saturated heterocycles. The highest BCUT2D eigenvalue weighted by molar-refractivity contribution is 7.90. The molecule has 1 aliphatic heterocycles. The Bertz CT molecular complexity index is 2690. The number of fused-ring (bicyclic) bond motifs is 3. The number of halogens is 2. The summed E-state index contributed by atoms with van der Waals surface area (Å²) in [7, 11) is 0. The summed E-state index contributed by atoms with van der Waals surface area (Å²) in [4.78, 5) is 5.38. The largest absolute Gasteiger partial charge is 0.325 e. The van der Waals surface area contributed by atoms with Crippen molar-refractivity contribution in [3.8, 4) is 11.1 Å². The zero-order valence-corrected chi connectivity index (χ0v) is 35.9. The van der Waals surface area contributed by atoms with E-state index >= 15 is 0 Å². The molecule has 1 unspecified atom stereocenters. The molecule has 284 valence electrons. The third-order valence-electron chi connectivity index (χ3n) is 12.0. The van der Waals surface area contributed by atoms with Gasteiger partial charge in [0.15, 0.2) is 0 Å². The van der Waals surface area contributed by atoms with Gasteiger partial charge in [0.2, 0.25) is 0 Å². The van der Waals surface area contributed by atoms with Crippen molar-refractivity contribution in [2.24, 2.45) is 0 Å². The summed E-state index contributed by atoms with van der Waals surface area (Å²) in [6.45, 7) is 12.4. The van der Waals surface area contributed by atoms with E-state index in [4.69, 9.17) is 23.2 Å². The van der Waals surface area contributed by atoms with Crippen molar-refractivity contribution in [1.29, 1.82) is 0 Å². The van der Waals surface area contributed by atoms with Crippen LogP contribution in [0.2, 0.25) is 0 Å². The maximum Gasteiger partial charge on any atom is 0.117 e. The van der Waals surface area contributed by atoms with Crippen LogP contribution in [0.4, 0.5) is 11.4 Å². The molecule has 0 saturated carbocycles. The van der Waals surface area contributed by atoms with Crippen LogP contribution in [-0.2, 0) is 0 Å². The van der Waals surface area contributed by atoms with Gasteiger partial charge in [0.1, 0.15) is 5.54 Å². The van der Waals surface area contributed by atoms with E-state index in [1.165, 1.54) is 82.8 Å². The number of anilines is 2. The molecule has 2 nitrogen and oxygen atoms in total. The highest BCUT2D eigenvalue weighted by Gasteiger charge is 2.46. The van der Waals surface area contributed by atoms with Gasteiger partial charge in [0, 0.05) is 37.0 Å². The van der Waals surface area contributed by atoms with E-state index < -0.39 is 6.89 Å². The third kappa shape index (κ3) is 6.08. The minimum Gasteiger partial charge on any atom is -0.325 e. The molecule has 1 atom stereocenters. The number of benzene rings is 6. The number of aryl methyl sites for hydroxylation is 6. The van der Waals surface area contributed by atoms with Gasteiger partial charge < -0.3 is 9.80 Å². The van der Waals surface area contributed by atoms with Gasteiger partial charge in [-0.25, -0.2) is 0 Å². The van der Waals surface area contributed by atoms with Crippen molar-refractivity contribution in [3.63, 3.8) is 0 Å². The van der Waals surface area contributed by atoms with Crippen molar-refractivity contribution in [1.82, 2.24) is 0 Å². The minimum atomic E-state index is -2.80. The molecule has 0 N–H and O–H groups in total. The molecule has 1 fully saturated rings. The standard InChI is InChI=1S/C52H47Cl2N2P/c1-33-28-35(3)50(36(4)29-33)55-26-27-56(51-37(5)30-34(2)31-38(51)6)52(55)57(40-17-9-7-10-18-40,41-19-11-8-12-20-41)47-25-24-46(53)49(54)48(47)44-23-15-22-43-42-21-14-13-16-39(42)32-45(43)44/h7-25,28-32,47H,26-27H2,1-6H3. The molecule has 0 radical (unpaired) electrons. The molecule has 5 heteroatoms. The fourth-order valence-electron chi connectivity index (χ4n) is 10.1. The summed E-state index contributed by atoms with van der Waals surface area (Å²) in [5.74, 6) is 0. The normalized spacial score (nSPS) is 17.3. The van der Waals surface area contributed by atoms with E-state index in [0.717, 1.165) is 23.9 Å². The molecule has 6 aromatic rings. The highest BCUT2D eigenvalue weighted by Crippen LogP contribution is 2.60. The fraction of sp³-hybridized carbons (Fsp3) is 0.173. The fourth-order valence-corrected chi connectivity index (χ4v) is 15.7. The first-order valence-electron chi connectivity index (χ1n) is 19.9. The Hall–Kier alpha value is -4.98. The van der Waals surface area contributed by atoms with E-state index in [9.17, 15) is 0 Å². The SMILES string of the molecule is Cc1cc(C)c(N2CCN(c3c(C)cc(C)cc3C)C2=P(c2ccccc2)(c2ccccc2)C2C=CC(Cl)=C(Cl)C2=c2cccc3c2=Cc2ccccc2-3)c(C)c1. The van der Waals surface area contributed by atoms with Crippen LogP contribution >= 0.6 is 30.1 Å². The second-order valence-corrected chi connectivity index (χ2v) is 20.1. The molecule has 6 aromatic carbocycles. The summed E-state index contributed by atoms with van der Waals surface area (Å²) in [6.07, 6.45) is 6.78. The van der Waals surface area contributed by atoms with Crippen LogP contribution in [0.5, 0.6) is 0 Å². The Morgan fingerprint density at radius 2 is 1.05 bits per heavy atom. The smallest absolute Gasteiger partial charge is 0.117 e. The molecule has 0 bridgehead atoms. The molecule has 0 spiro atoms. The highest BCUT2D eigenvalue weighted by atomic mass is 35.5. The summed E-state index contributed by atoms with van der Waals surface area (Å²) in [5, 5.41) is 6.08. The Morgan fingerprint density at radius 1 is 0.561 bits per heavy atom. The Labute approximate surface area is 347 Å². The quantitative estimate of drug-likeness (QED) is 0.160. The van der Waals surface area contributed by atoms with Crippen molar-refractivity contribution >= 4 is 69.3 Å². The zero-order chi connectivity index (χ0) is 39.6. The summed E-state index contributed by atoms with van der Waals surface area (Å²) in [6, 6.07) is 47.3. The first kappa shape index (κ1) is 37.6. The van der Waals surface area contributed by atoms with Crippen LogP contribution in [0.1, 0.15) is 38.9 Å². The molecule has 2 aliphatic carbocycles. The molecule has 1 heterocycles. The molecule has 0 amide bonds. The van der Waals surface area contributed by atoms with Crippen molar-refractivity contribution in [3.05, 3.63) is 199 Å². The number of nitrogens with zero attached hydrogens (tertiary/aromatic N) is 2. The van der Waals surface area contributed by atoms with Crippen LogP contribution in [0.25, 0.3) is 22.8 Å². The summed E-state index contributed by atoms with van der Waals surface area (Å²) >= 11 is 14.9. The molecule has 0 aromatic heterocycles. The number of rotatable bonds is 5. The number of allylic oxidation sites excluding steroid dienone is 4. The molecular formula is C52H47Cl2N2P. The number of hydrogen-bond acceptors (Lipinski definition) is 0. The van der Waals surface area contributed by atoms with Gasteiger partial charge in [-0.15, -0.1) is 0 Å². The van der Waals surface area contributed by atoms with E-state index in [0.29, 0.717) is 10.1 Å². The van der Waals surface area contributed by atoms with Crippen molar-refractivity contribution < 1.29 is 0 Å². The minimum absolute atomic E-state index is 0.170. The van der Waals surface area contributed by atoms with Crippen LogP contribution in [0.15, 0.2) is 150 Å². The topological polar surface area (TPSA) is 6.48 Å². The first-order chi connectivity index (χ1) is 27.6. The van der Waals surface area contributed by atoms with Gasteiger partial charge in [-0.3, -0.25) is 0 Å². The molecule has 3 aliphatic rings. The second kappa shape index (κ2) is 14.8. The first-order valence-corrected chi connectivity index (χ1v) is 22.5. The van der Waals surface area contributed by atoms with Crippen LogP contribution < -0.4 is 30.8 Å². The monoisotopic (exact) mass is 800 g/mol. The Kier molecular flexibility index (Phi) is 9.73. The van der Waals surface area contributed by atoms with Crippen molar-refractivity contribution in [2.45, 2.75) is 47.2 Å². The average molecular weight is 802 g/mol. The lowest BCUT2D eigenvalue weighted by Gasteiger charge is -2.44. The lowest BCUT2D eigenvalue weighted by Crippen LogP contribution is -2.45. The van der Waals surface area contributed by atoms with Crippen LogP contribution in [0, 0.1) is 41.5 Å². The lowest BCUT2D eigenvalue weighted by atomic mass is 9.99. The average Bonchev–Trinajstić information content (AvgIpc) is 3.79. The predicted molar refractivity (Wildman–Crippen MR) is 250 cm³/mol.